The lowest BCUT2D eigenvalue weighted by Crippen LogP contribution is -2.40. The van der Waals surface area contributed by atoms with Crippen molar-refractivity contribution in [1.29, 1.82) is 0 Å². The molecule has 0 saturated heterocycles. The zero-order valence-corrected chi connectivity index (χ0v) is 9.06. The van der Waals surface area contributed by atoms with Crippen molar-refractivity contribution in [2.24, 2.45) is 17.6 Å². The molecule has 1 fully saturated rings. The maximum Gasteiger partial charge on any atom is 0.0419 e. The fourth-order valence-corrected chi connectivity index (χ4v) is 2.18. The Balaban J connectivity index is 2.51. The molecular weight excluding hydrogens is 170 g/mol. The molecule has 1 rings (SSSR count). The fraction of sp³-hybridized carbons (Fsp3) is 1.00. The number of rotatable bonds is 1. The summed E-state index contributed by atoms with van der Waals surface area (Å²) in [5, 5.41) is 0. The van der Waals surface area contributed by atoms with E-state index in [2.05, 4.69) is 20.8 Å². The standard InChI is InChI=1S/C10H20ClN/c1-7-4-5-8(6-9(7)12)10(2,3)11/h7-9H,4-6,12H2,1-3H3. The third kappa shape index (κ3) is 2.37. The summed E-state index contributed by atoms with van der Waals surface area (Å²) < 4.78 is 0. The minimum absolute atomic E-state index is 0.0717. The van der Waals surface area contributed by atoms with E-state index in [1.165, 1.54) is 12.8 Å². The Morgan fingerprint density at radius 2 is 1.92 bits per heavy atom. The summed E-state index contributed by atoms with van der Waals surface area (Å²) in [7, 11) is 0. The molecule has 72 valence electrons. The SMILES string of the molecule is CC1CCC(C(C)(C)Cl)CC1N. The van der Waals surface area contributed by atoms with Crippen LogP contribution in [-0.4, -0.2) is 10.9 Å². The minimum atomic E-state index is -0.0717. The van der Waals surface area contributed by atoms with E-state index in [-0.39, 0.29) is 4.87 Å². The van der Waals surface area contributed by atoms with Crippen LogP contribution in [0.3, 0.4) is 0 Å². The van der Waals surface area contributed by atoms with Crippen molar-refractivity contribution in [3.8, 4) is 0 Å². The molecule has 0 radical (unpaired) electrons. The molecule has 3 atom stereocenters. The van der Waals surface area contributed by atoms with Crippen LogP contribution in [0.2, 0.25) is 0 Å². The van der Waals surface area contributed by atoms with E-state index in [1.807, 2.05) is 0 Å². The molecule has 12 heavy (non-hydrogen) atoms. The molecule has 1 aliphatic rings. The molecule has 0 spiro atoms. The molecule has 0 aromatic carbocycles. The molecule has 0 aliphatic heterocycles. The maximum absolute atomic E-state index is 6.27. The van der Waals surface area contributed by atoms with E-state index in [9.17, 15) is 0 Å². The number of alkyl halides is 1. The third-order valence-electron chi connectivity index (χ3n) is 3.23. The summed E-state index contributed by atoms with van der Waals surface area (Å²) in [4.78, 5) is -0.0717. The lowest BCUT2D eigenvalue weighted by atomic mass is 9.75. The van der Waals surface area contributed by atoms with E-state index in [4.69, 9.17) is 17.3 Å². The minimum Gasteiger partial charge on any atom is -0.327 e. The summed E-state index contributed by atoms with van der Waals surface area (Å²) >= 11 is 6.27. The van der Waals surface area contributed by atoms with Crippen LogP contribution in [0.25, 0.3) is 0 Å². The second-order valence-electron chi connectivity index (χ2n) is 4.72. The highest BCUT2D eigenvalue weighted by molar-refractivity contribution is 6.23. The van der Waals surface area contributed by atoms with Gasteiger partial charge in [-0.1, -0.05) is 6.92 Å². The van der Waals surface area contributed by atoms with Crippen molar-refractivity contribution in [3.63, 3.8) is 0 Å². The van der Waals surface area contributed by atoms with Crippen LogP contribution < -0.4 is 5.73 Å². The normalized spacial score (nSPS) is 38.2. The first kappa shape index (κ1) is 10.3. The van der Waals surface area contributed by atoms with Crippen molar-refractivity contribution in [3.05, 3.63) is 0 Å². The van der Waals surface area contributed by atoms with Gasteiger partial charge in [-0.2, -0.15) is 0 Å². The number of halogens is 1. The lowest BCUT2D eigenvalue weighted by Gasteiger charge is -2.37. The molecular formula is C10H20ClN. The van der Waals surface area contributed by atoms with Gasteiger partial charge in [-0.25, -0.2) is 0 Å². The number of nitrogens with two attached hydrogens (primary N) is 1. The topological polar surface area (TPSA) is 26.0 Å². The number of hydrogen-bond donors (Lipinski definition) is 1. The molecule has 0 aromatic heterocycles. The first-order valence-corrected chi connectivity index (χ1v) is 5.23. The van der Waals surface area contributed by atoms with E-state index in [0.29, 0.717) is 17.9 Å². The zero-order valence-electron chi connectivity index (χ0n) is 8.31. The van der Waals surface area contributed by atoms with Gasteiger partial charge in [-0.3, -0.25) is 0 Å². The predicted octanol–water partition coefficient (Wildman–Crippen LogP) is 2.77. The Morgan fingerprint density at radius 1 is 1.33 bits per heavy atom. The zero-order chi connectivity index (χ0) is 9.35. The van der Waals surface area contributed by atoms with Gasteiger partial charge >= 0.3 is 0 Å². The Labute approximate surface area is 80.7 Å². The van der Waals surface area contributed by atoms with Gasteiger partial charge in [0.25, 0.3) is 0 Å². The molecule has 0 amide bonds. The van der Waals surface area contributed by atoms with Gasteiger partial charge in [0.15, 0.2) is 0 Å². The van der Waals surface area contributed by atoms with Crippen molar-refractivity contribution < 1.29 is 0 Å². The van der Waals surface area contributed by atoms with E-state index in [0.717, 1.165) is 6.42 Å². The second kappa shape index (κ2) is 3.55. The van der Waals surface area contributed by atoms with E-state index < -0.39 is 0 Å². The first-order chi connectivity index (χ1) is 5.41. The van der Waals surface area contributed by atoms with Crippen LogP contribution in [0.5, 0.6) is 0 Å². The average Bonchev–Trinajstić information content (AvgIpc) is 1.92. The van der Waals surface area contributed by atoms with Gasteiger partial charge in [-0.05, 0) is 44.9 Å². The Kier molecular flexibility index (Phi) is 3.06. The van der Waals surface area contributed by atoms with Crippen LogP contribution in [0.1, 0.15) is 40.0 Å². The van der Waals surface area contributed by atoms with Gasteiger partial charge in [0.1, 0.15) is 0 Å². The highest BCUT2D eigenvalue weighted by Gasteiger charge is 2.33. The van der Waals surface area contributed by atoms with Crippen molar-refractivity contribution in [2.45, 2.75) is 50.9 Å². The van der Waals surface area contributed by atoms with Gasteiger partial charge in [-0.15, -0.1) is 11.6 Å². The Bertz CT molecular complexity index is 150. The second-order valence-corrected chi connectivity index (χ2v) is 5.69. The summed E-state index contributed by atoms with van der Waals surface area (Å²) in [6.45, 7) is 6.44. The summed E-state index contributed by atoms with van der Waals surface area (Å²) in [6.07, 6.45) is 3.57. The monoisotopic (exact) mass is 189 g/mol. The maximum atomic E-state index is 6.27. The molecule has 3 unspecified atom stereocenters. The van der Waals surface area contributed by atoms with Crippen LogP contribution >= 0.6 is 11.6 Å². The summed E-state index contributed by atoms with van der Waals surface area (Å²) in [5.41, 5.74) is 6.01. The molecule has 0 aromatic rings. The fourth-order valence-electron chi connectivity index (χ4n) is 1.98. The first-order valence-electron chi connectivity index (χ1n) is 4.85. The van der Waals surface area contributed by atoms with Crippen LogP contribution in [0, 0.1) is 11.8 Å². The smallest absolute Gasteiger partial charge is 0.0419 e. The van der Waals surface area contributed by atoms with Crippen molar-refractivity contribution in [1.82, 2.24) is 0 Å². The van der Waals surface area contributed by atoms with Crippen molar-refractivity contribution in [2.75, 3.05) is 0 Å². The lowest BCUT2D eigenvalue weighted by molar-refractivity contribution is 0.219. The summed E-state index contributed by atoms with van der Waals surface area (Å²) in [6, 6.07) is 0.363. The molecule has 0 bridgehead atoms. The van der Waals surface area contributed by atoms with E-state index in [1.54, 1.807) is 0 Å². The van der Waals surface area contributed by atoms with Crippen molar-refractivity contribution >= 4 is 11.6 Å². The summed E-state index contributed by atoms with van der Waals surface area (Å²) in [5.74, 6) is 1.28. The molecule has 2 N–H and O–H groups in total. The van der Waals surface area contributed by atoms with Gasteiger partial charge in [0.05, 0.1) is 0 Å². The Hall–Kier alpha value is 0.250. The highest BCUT2D eigenvalue weighted by Crippen LogP contribution is 2.37. The average molecular weight is 190 g/mol. The van der Waals surface area contributed by atoms with Crippen LogP contribution in [0.4, 0.5) is 0 Å². The van der Waals surface area contributed by atoms with Gasteiger partial charge in [0, 0.05) is 10.9 Å². The number of hydrogen-bond acceptors (Lipinski definition) is 1. The molecule has 2 heteroatoms. The van der Waals surface area contributed by atoms with Gasteiger partial charge in [0.2, 0.25) is 0 Å². The Morgan fingerprint density at radius 3 is 2.33 bits per heavy atom. The van der Waals surface area contributed by atoms with Gasteiger partial charge < -0.3 is 5.73 Å². The van der Waals surface area contributed by atoms with Crippen LogP contribution in [-0.2, 0) is 0 Å². The predicted molar refractivity (Wildman–Crippen MR) is 54.4 cm³/mol. The molecule has 1 aliphatic carbocycles. The third-order valence-corrected chi connectivity index (χ3v) is 3.54. The van der Waals surface area contributed by atoms with Crippen LogP contribution in [0.15, 0.2) is 0 Å². The van der Waals surface area contributed by atoms with E-state index >= 15 is 0 Å². The quantitative estimate of drug-likeness (QED) is 0.631. The largest absolute Gasteiger partial charge is 0.327 e. The molecule has 1 nitrogen and oxygen atoms in total. The molecule has 0 heterocycles. The molecule has 1 saturated carbocycles. The highest BCUT2D eigenvalue weighted by atomic mass is 35.5.